The zero-order chi connectivity index (χ0) is 28.6. The third-order valence-electron chi connectivity index (χ3n) is 8.15. The van der Waals surface area contributed by atoms with Crippen LogP contribution in [0.4, 0.5) is 5.95 Å². The Morgan fingerprint density at radius 3 is 2.58 bits per heavy atom. The number of nitrogens with one attached hydrogen (secondary N) is 1. The molecule has 3 aromatic heterocycles. The van der Waals surface area contributed by atoms with E-state index in [-0.39, 0.29) is 36.2 Å². The summed E-state index contributed by atoms with van der Waals surface area (Å²) in [7, 11) is 1.67. The van der Waals surface area contributed by atoms with E-state index in [0.717, 1.165) is 48.0 Å². The first-order chi connectivity index (χ1) is 19.1. The van der Waals surface area contributed by atoms with Gasteiger partial charge in [-0.25, -0.2) is 9.50 Å². The molecule has 1 aliphatic heterocycles. The summed E-state index contributed by atoms with van der Waals surface area (Å²) < 4.78 is 14.8. The van der Waals surface area contributed by atoms with Crippen molar-refractivity contribution in [1.29, 1.82) is 0 Å². The van der Waals surface area contributed by atoms with E-state index in [0.29, 0.717) is 25.6 Å². The molecule has 0 unspecified atom stereocenters. The maximum absolute atomic E-state index is 13.6. The zero-order valence-corrected chi connectivity index (χ0v) is 24.5. The molecule has 3 atom stereocenters. The number of aliphatic hydroxyl groups excluding tert-OH is 1. The number of aliphatic hydroxyl groups is 1. The topological polar surface area (TPSA) is 119 Å². The maximum atomic E-state index is 13.6. The van der Waals surface area contributed by atoms with Crippen molar-refractivity contribution in [1.82, 2.24) is 29.3 Å². The Hall–Kier alpha value is -3.02. The summed E-state index contributed by atoms with van der Waals surface area (Å²) in [6, 6.07) is 2.23. The molecule has 0 bridgehead atoms. The minimum atomic E-state index is -0.863. The van der Waals surface area contributed by atoms with E-state index in [9.17, 15) is 9.90 Å². The summed E-state index contributed by atoms with van der Waals surface area (Å²) in [6.45, 7) is 11.5. The number of rotatable bonds is 8. The molecule has 4 heterocycles. The Morgan fingerprint density at radius 2 is 1.90 bits per heavy atom. The summed E-state index contributed by atoms with van der Waals surface area (Å²) in [6.07, 6.45) is 8.73. The molecule has 1 aliphatic carbocycles. The highest BCUT2D eigenvalue weighted by Crippen LogP contribution is 2.38. The molecule has 11 nitrogen and oxygen atoms in total. The molecular weight excluding hydrogens is 510 g/mol. The van der Waals surface area contributed by atoms with Gasteiger partial charge >= 0.3 is 0 Å². The second-order valence-electron chi connectivity index (χ2n) is 12.1. The van der Waals surface area contributed by atoms with E-state index >= 15 is 0 Å². The van der Waals surface area contributed by atoms with Crippen LogP contribution in [-0.4, -0.2) is 91.5 Å². The lowest BCUT2D eigenvalue weighted by molar-refractivity contribution is -0.151. The number of amides is 1. The van der Waals surface area contributed by atoms with Gasteiger partial charge in [0.2, 0.25) is 11.9 Å². The summed E-state index contributed by atoms with van der Waals surface area (Å²) >= 11 is 0. The number of aromatic nitrogens is 5. The fraction of sp³-hybridized carbons (Fsp3) is 0.655. The quantitative estimate of drug-likeness (QED) is 0.436. The lowest BCUT2D eigenvalue weighted by Gasteiger charge is -2.39. The van der Waals surface area contributed by atoms with Crippen molar-refractivity contribution in [2.24, 2.45) is 0 Å². The SMILES string of the molecule is COC[C@H](C)Nc1ncc2c(-c3cnn(C(C)(C)C(=O)N4C[C@@H](C)O[C@H](C)C4)c3)cc(C3CCC(O)CC3)n2n1. The van der Waals surface area contributed by atoms with Crippen molar-refractivity contribution in [3.8, 4) is 11.1 Å². The van der Waals surface area contributed by atoms with E-state index in [2.05, 4.69) is 21.5 Å². The zero-order valence-electron chi connectivity index (χ0n) is 24.5. The van der Waals surface area contributed by atoms with Crippen molar-refractivity contribution in [2.45, 2.75) is 96.1 Å². The number of hydrogen-bond acceptors (Lipinski definition) is 8. The number of carbonyl (C=O) groups excluding carboxylic acids is 1. The predicted molar refractivity (Wildman–Crippen MR) is 152 cm³/mol. The van der Waals surface area contributed by atoms with E-state index in [1.165, 1.54) is 0 Å². The summed E-state index contributed by atoms with van der Waals surface area (Å²) in [5.41, 5.74) is 2.99. The second kappa shape index (κ2) is 11.5. The fourth-order valence-corrected chi connectivity index (χ4v) is 6.08. The Morgan fingerprint density at radius 1 is 1.20 bits per heavy atom. The van der Waals surface area contributed by atoms with Crippen LogP contribution >= 0.6 is 0 Å². The van der Waals surface area contributed by atoms with Crippen molar-refractivity contribution in [3.05, 3.63) is 30.4 Å². The fourth-order valence-electron chi connectivity index (χ4n) is 6.08. The third-order valence-corrected chi connectivity index (χ3v) is 8.15. The second-order valence-corrected chi connectivity index (χ2v) is 12.1. The maximum Gasteiger partial charge on any atom is 0.250 e. The van der Waals surface area contributed by atoms with Gasteiger partial charge in [0, 0.05) is 55.2 Å². The molecule has 0 spiro atoms. The van der Waals surface area contributed by atoms with Crippen LogP contribution in [-0.2, 0) is 19.8 Å². The van der Waals surface area contributed by atoms with Gasteiger partial charge in [0.15, 0.2) is 0 Å². The van der Waals surface area contributed by atoms with Gasteiger partial charge in [0.05, 0.1) is 42.8 Å². The number of ether oxygens (including phenoxy) is 2. The molecule has 40 heavy (non-hydrogen) atoms. The molecule has 2 aliphatic rings. The largest absolute Gasteiger partial charge is 0.393 e. The van der Waals surface area contributed by atoms with Gasteiger partial charge in [0.25, 0.3) is 0 Å². The third kappa shape index (κ3) is 5.73. The molecule has 11 heteroatoms. The van der Waals surface area contributed by atoms with Crippen LogP contribution in [0.1, 0.15) is 71.9 Å². The van der Waals surface area contributed by atoms with Crippen molar-refractivity contribution < 1.29 is 19.4 Å². The van der Waals surface area contributed by atoms with Crippen molar-refractivity contribution in [2.75, 3.05) is 32.1 Å². The first-order valence-electron chi connectivity index (χ1n) is 14.4. The summed E-state index contributed by atoms with van der Waals surface area (Å²) in [5.74, 6) is 0.839. The van der Waals surface area contributed by atoms with Crippen LogP contribution < -0.4 is 5.32 Å². The van der Waals surface area contributed by atoms with Gasteiger partial charge in [-0.15, -0.1) is 5.10 Å². The molecule has 5 rings (SSSR count). The minimum Gasteiger partial charge on any atom is -0.393 e. The normalized spacial score (nSPS) is 24.8. The predicted octanol–water partition coefficient (Wildman–Crippen LogP) is 3.43. The molecule has 1 saturated heterocycles. The van der Waals surface area contributed by atoms with Gasteiger partial charge < -0.3 is 24.8 Å². The summed E-state index contributed by atoms with van der Waals surface area (Å²) in [4.78, 5) is 20.1. The van der Waals surface area contributed by atoms with E-state index in [4.69, 9.17) is 14.6 Å². The average molecular weight is 554 g/mol. The number of anilines is 1. The van der Waals surface area contributed by atoms with Crippen LogP contribution in [0.5, 0.6) is 0 Å². The Kier molecular flexibility index (Phi) is 8.17. The van der Waals surface area contributed by atoms with Crippen LogP contribution in [0.25, 0.3) is 16.6 Å². The van der Waals surface area contributed by atoms with Crippen LogP contribution in [0.2, 0.25) is 0 Å². The van der Waals surface area contributed by atoms with Gasteiger partial charge in [-0.05, 0) is 66.4 Å². The number of methoxy groups -OCH3 is 1. The van der Waals surface area contributed by atoms with Crippen LogP contribution in [0, 0.1) is 0 Å². The molecule has 3 aromatic rings. The number of hydrogen-bond donors (Lipinski definition) is 2. The summed E-state index contributed by atoms with van der Waals surface area (Å²) in [5, 5.41) is 23.0. The number of morpholine rings is 1. The molecule has 0 radical (unpaired) electrons. The Bertz CT molecular complexity index is 1320. The molecule has 0 aromatic carbocycles. The van der Waals surface area contributed by atoms with Crippen LogP contribution in [0.3, 0.4) is 0 Å². The van der Waals surface area contributed by atoms with Gasteiger partial charge in [0.1, 0.15) is 5.54 Å². The average Bonchev–Trinajstić information content (AvgIpc) is 3.54. The van der Waals surface area contributed by atoms with E-state index in [1.54, 1.807) is 11.8 Å². The molecule has 1 amide bonds. The first-order valence-corrected chi connectivity index (χ1v) is 14.4. The van der Waals surface area contributed by atoms with Gasteiger partial charge in [-0.1, -0.05) is 0 Å². The highest BCUT2D eigenvalue weighted by Gasteiger charge is 2.38. The number of nitrogens with zero attached hydrogens (tertiary/aromatic N) is 6. The van der Waals surface area contributed by atoms with Gasteiger partial charge in [-0.2, -0.15) is 5.10 Å². The molecule has 2 fully saturated rings. The van der Waals surface area contributed by atoms with Crippen molar-refractivity contribution >= 4 is 17.4 Å². The smallest absolute Gasteiger partial charge is 0.250 e. The highest BCUT2D eigenvalue weighted by molar-refractivity contribution is 5.85. The highest BCUT2D eigenvalue weighted by atomic mass is 16.5. The Balaban J connectivity index is 1.48. The monoisotopic (exact) mass is 553 g/mol. The van der Waals surface area contributed by atoms with Crippen LogP contribution in [0.15, 0.2) is 24.7 Å². The minimum absolute atomic E-state index is 0.000535. The molecule has 2 N–H and O–H groups in total. The lowest BCUT2D eigenvalue weighted by Crippen LogP contribution is -2.54. The number of fused-ring (bicyclic) bond motifs is 1. The molecule has 1 saturated carbocycles. The van der Waals surface area contributed by atoms with E-state index < -0.39 is 5.54 Å². The Labute approximate surface area is 235 Å². The van der Waals surface area contributed by atoms with Crippen molar-refractivity contribution in [3.63, 3.8) is 0 Å². The lowest BCUT2D eigenvalue weighted by atomic mass is 9.85. The standard InChI is InChI=1S/C29H43N7O4/c1-18(17-39-6)32-28-30-13-26-24(11-25(36(26)33-28)21-7-9-23(37)10-8-21)22-12-31-35(16-22)29(4,5)27(38)34-14-19(2)40-20(3)15-34/h11-13,16,18-21,23,37H,7-10,14-15,17H2,1-6H3,(H,32,33)/t18-,19+,20+,21?,23?/m0/s1. The number of carbonyl (C=O) groups is 1. The molecule has 218 valence electrons. The van der Waals surface area contributed by atoms with Gasteiger partial charge in [-0.3, -0.25) is 9.48 Å². The van der Waals surface area contributed by atoms with E-state index in [1.807, 2.05) is 62.6 Å². The molecular formula is C29H43N7O4. The first kappa shape index (κ1) is 28.5.